The van der Waals surface area contributed by atoms with Crippen molar-refractivity contribution in [2.24, 2.45) is 16.7 Å². The molecule has 0 N–H and O–H groups in total. The van der Waals surface area contributed by atoms with Gasteiger partial charge in [0.2, 0.25) is 0 Å². The van der Waals surface area contributed by atoms with Gasteiger partial charge in [-0.3, -0.25) is 14.4 Å². The van der Waals surface area contributed by atoms with Crippen LogP contribution in [0, 0.1) is 16.7 Å². The Morgan fingerprint density at radius 3 is 2.41 bits per heavy atom. The highest BCUT2D eigenvalue weighted by atomic mass is 35.5. The van der Waals surface area contributed by atoms with Crippen LogP contribution in [0.25, 0.3) is 0 Å². The summed E-state index contributed by atoms with van der Waals surface area (Å²) in [5.41, 5.74) is -2.28. The summed E-state index contributed by atoms with van der Waals surface area (Å²) in [6.07, 6.45) is 6.24. The number of rotatable bonds is 3. The Kier molecular flexibility index (Phi) is 4.29. The molecule has 0 aromatic rings. The van der Waals surface area contributed by atoms with Gasteiger partial charge in [0.05, 0.1) is 14.2 Å². The molecule has 0 aliphatic heterocycles. The molecule has 0 aromatic carbocycles. The molecule has 118 valence electrons. The lowest BCUT2D eigenvalue weighted by Gasteiger charge is -2.32. The van der Waals surface area contributed by atoms with Gasteiger partial charge in [0.25, 0.3) is 0 Å². The number of hydrogen-bond donors (Lipinski definition) is 0. The van der Waals surface area contributed by atoms with Gasteiger partial charge >= 0.3 is 11.9 Å². The molecular weight excluding hydrogens is 308 g/mol. The van der Waals surface area contributed by atoms with Crippen LogP contribution in [0.2, 0.25) is 0 Å². The van der Waals surface area contributed by atoms with Crippen molar-refractivity contribution in [3.63, 3.8) is 0 Å². The Balaban J connectivity index is 2.56. The van der Waals surface area contributed by atoms with Crippen molar-refractivity contribution in [3.8, 4) is 0 Å². The van der Waals surface area contributed by atoms with Crippen molar-refractivity contribution in [1.82, 2.24) is 0 Å². The van der Waals surface area contributed by atoms with Crippen LogP contribution in [0.4, 0.5) is 0 Å². The number of hydrogen-bond acceptors (Lipinski definition) is 5. The van der Waals surface area contributed by atoms with Gasteiger partial charge in [-0.05, 0) is 24.8 Å². The van der Waals surface area contributed by atoms with E-state index >= 15 is 0 Å². The quantitative estimate of drug-likeness (QED) is 0.452. The summed E-state index contributed by atoms with van der Waals surface area (Å²) in [5, 5.41) is 0.291. The standard InChI is InChI=1S/C16H17ClO5/c1-4-10-8-16(13(19)21-2,14(20)22-3)9-15(10)6-5-11(18)7-12(15)17/h4-7,10H,1,8-9H2,2-3H3/t10-,15+/m0/s1. The number of halogens is 1. The zero-order chi connectivity index (χ0) is 16.5. The zero-order valence-corrected chi connectivity index (χ0v) is 13.2. The van der Waals surface area contributed by atoms with Crippen molar-refractivity contribution in [3.05, 3.63) is 35.9 Å². The van der Waals surface area contributed by atoms with Crippen molar-refractivity contribution >= 4 is 29.3 Å². The first kappa shape index (κ1) is 16.5. The molecule has 5 nitrogen and oxygen atoms in total. The largest absolute Gasteiger partial charge is 0.468 e. The van der Waals surface area contributed by atoms with E-state index in [9.17, 15) is 14.4 Å². The van der Waals surface area contributed by atoms with Gasteiger partial charge in [-0.1, -0.05) is 23.8 Å². The monoisotopic (exact) mass is 324 g/mol. The molecule has 0 aromatic heterocycles. The first-order chi connectivity index (χ1) is 10.4. The summed E-state index contributed by atoms with van der Waals surface area (Å²) < 4.78 is 9.63. The molecule has 0 heterocycles. The molecule has 1 saturated carbocycles. The van der Waals surface area contributed by atoms with Crippen molar-refractivity contribution < 1.29 is 23.9 Å². The van der Waals surface area contributed by atoms with Crippen LogP contribution < -0.4 is 0 Å². The third kappa shape index (κ3) is 2.20. The van der Waals surface area contributed by atoms with Crippen LogP contribution in [-0.2, 0) is 23.9 Å². The predicted molar refractivity (Wildman–Crippen MR) is 79.9 cm³/mol. The minimum Gasteiger partial charge on any atom is -0.468 e. The van der Waals surface area contributed by atoms with E-state index in [2.05, 4.69) is 6.58 Å². The molecule has 22 heavy (non-hydrogen) atoms. The molecule has 0 radical (unpaired) electrons. The molecule has 0 amide bonds. The molecule has 2 rings (SSSR count). The fourth-order valence-corrected chi connectivity index (χ4v) is 3.78. The lowest BCUT2D eigenvalue weighted by atomic mass is 9.73. The maximum atomic E-state index is 12.3. The number of ether oxygens (including phenoxy) is 2. The van der Waals surface area contributed by atoms with Gasteiger partial charge in [-0.25, -0.2) is 0 Å². The van der Waals surface area contributed by atoms with Gasteiger partial charge in [-0.2, -0.15) is 0 Å². The fraction of sp³-hybridized carbons (Fsp3) is 0.438. The number of allylic oxidation sites excluding steroid dienone is 5. The third-order valence-corrected chi connectivity index (χ3v) is 4.98. The van der Waals surface area contributed by atoms with E-state index in [-0.39, 0.29) is 24.5 Å². The molecule has 0 saturated heterocycles. The molecule has 2 aliphatic rings. The van der Waals surface area contributed by atoms with Crippen LogP contribution in [0.3, 0.4) is 0 Å². The average Bonchev–Trinajstić information content (AvgIpc) is 2.86. The maximum Gasteiger partial charge on any atom is 0.323 e. The first-order valence-electron chi connectivity index (χ1n) is 6.76. The lowest BCUT2D eigenvalue weighted by molar-refractivity contribution is -0.169. The Hall–Kier alpha value is -1.88. The van der Waals surface area contributed by atoms with Crippen LogP contribution >= 0.6 is 11.6 Å². The summed E-state index contributed by atoms with van der Waals surface area (Å²) in [6, 6.07) is 0. The summed E-state index contributed by atoms with van der Waals surface area (Å²) in [4.78, 5) is 36.1. The normalized spacial score (nSPS) is 29.1. The maximum absolute atomic E-state index is 12.3. The second-order valence-electron chi connectivity index (χ2n) is 5.56. The SMILES string of the molecule is C=C[C@H]1CC(C(=O)OC)(C(=O)OC)C[C@]12C=CC(=O)C=C2Cl. The van der Waals surface area contributed by atoms with E-state index in [4.69, 9.17) is 21.1 Å². The highest BCUT2D eigenvalue weighted by Crippen LogP contribution is 2.60. The van der Waals surface area contributed by atoms with Crippen LogP contribution in [-0.4, -0.2) is 31.9 Å². The highest BCUT2D eigenvalue weighted by molar-refractivity contribution is 6.33. The molecule has 0 bridgehead atoms. The number of carbonyl (C=O) groups excluding carboxylic acids is 3. The van der Waals surface area contributed by atoms with Crippen LogP contribution in [0.5, 0.6) is 0 Å². The zero-order valence-electron chi connectivity index (χ0n) is 12.4. The molecular formula is C16H17ClO5. The smallest absolute Gasteiger partial charge is 0.323 e. The van der Waals surface area contributed by atoms with E-state index in [0.717, 1.165) is 0 Å². The second-order valence-corrected chi connectivity index (χ2v) is 5.96. The summed E-state index contributed by atoms with van der Waals surface area (Å²) in [6.45, 7) is 3.77. The van der Waals surface area contributed by atoms with Gasteiger partial charge in [0.15, 0.2) is 11.2 Å². The molecule has 1 fully saturated rings. The van der Waals surface area contributed by atoms with E-state index in [1.807, 2.05) is 0 Å². The third-order valence-electron chi connectivity index (χ3n) is 4.52. The van der Waals surface area contributed by atoms with Gasteiger partial charge in [0, 0.05) is 16.5 Å². The van der Waals surface area contributed by atoms with Crippen molar-refractivity contribution in [1.29, 1.82) is 0 Å². The lowest BCUT2D eigenvalue weighted by Crippen LogP contribution is -2.40. The van der Waals surface area contributed by atoms with Crippen molar-refractivity contribution in [2.45, 2.75) is 12.8 Å². The molecule has 2 atom stereocenters. The number of carbonyl (C=O) groups is 3. The highest BCUT2D eigenvalue weighted by Gasteiger charge is 2.63. The van der Waals surface area contributed by atoms with Crippen LogP contribution in [0.15, 0.2) is 35.9 Å². The van der Waals surface area contributed by atoms with E-state index in [1.165, 1.54) is 26.4 Å². The van der Waals surface area contributed by atoms with Crippen LogP contribution in [0.1, 0.15) is 12.8 Å². The average molecular weight is 325 g/mol. The summed E-state index contributed by atoms with van der Waals surface area (Å²) in [5.74, 6) is -1.86. The Morgan fingerprint density at radius 2 is 1.95 bits per heavy atom. The first-order valence-corrected chi connectivity index (χ1v) is 7.14. The molecule has 1 spiro atoms. The Bertz CT molecular complexity index is 588. The number of methoxy groups -OCH3 is 2. The molecule has 0 unspecified atom stereocenters. The Labute approximate surface area is 133 Å². The van der Waals surface area contributed by atoms with Crippen molar-refractivity contribution in [2.75, 3.05) is 14.2 Å². The second kappa shape index (κ2) is 5.72. The van der Waals surface area contributed by atoms with Gasteiger partial charge in [0.1, 0.15) is 0 Å². The van der Waals surface area contributed by atoms with E-state index in [0.29, 0.717) is 5.03 Å². The summed E-state index contributed by atoms with van der Waals surface area (Å²) in [7, 11) is 2.44. The topological polar surface area (TPSA) is 69.7 Å². The fourth-order valence-electron chi connectivity index (χ4n) is 3.40. The predicted octanol–water partition coefficient (Wildman–Crippen LogP) is 2.16. The molecule has 6 heteroatoms. The minimum atomic E-state index is -1.46. The number of esters is 2. The number of ketones is 1. The van der Waals surface area contributed by atoms with E-state index < -0.39 is 22.8 Å². The molecule has 2 aliphatic carbocycles. The summed E-state index contributed by atoms with van der Waals surface area (Å²) >= 11 is 6.31. The van der Waals surface area contributed by atoms with E-state index in [1.54, 1.807) is 12.2 Å². The minimum absolute atomic E-state index is 0.0785. The van der Waals surface area contributed by atoms with Gasteiger partial charge < -0.3 is 9.47 Å². The van der Waals surface area contributed by atoms with Gasteiger partial charge in [-0.15, -0.1) is 6.58 Å². The Morgan fingerprint density at radius 1 is 1.36 bits per heavy atom.